The maximum absolute atomic E-state index is 12.2. The second-order valence-corrected chi connectivity index (χ2v) is 7.51. The Morgan fingerprint density at radius 1 is 1.50 bits per heavy atom. The number of hydrogen-bond donors (Lipinski definition) is 2. The summed E-state index contributed by atoms with van der Waals surface area (Å²) in [6.45, 7) is 1.32. The van der Waals surface area contributed by atoms with Gasteiger partial charge in [0, 0.05) is 23.1 Å². The molecule has 0 bridgehead atoms. The summed E-state index contributed by atoms with van der Waals surface area (Å²) >= 11 is 3.41. The number of rotatable bonds is 6. The van der Waals surface area contributed by atoms with Crippen LogP contribution >= 0.6 is 23.1 Å². The van der Waals surface area contributed by atoms with Crippen LogP contribution in [0.25, 0.3) is 0 Å². The molecule has 0 atom stereocenters. The molecule has 0 unspecified atom stereocenters. The van der Waals surface area contributed by atoms with Crippen molar-refractivity contribution in [3.63, 3.8) is 0 Å². The van der Waals surface area contributed by atoms with E-state index in [1.165, 1.54) is 43.4 Å². The molecule has 1 aliphatic carbocycles. The Morgan fingerprint density at radius 2 is 2.25 bits per heavy atom. The highest BCUT2D eigenvalue weighted by Crippen LogP contribution is 2.37. The van der Waals surface area contributed by atoms with E-state index < -0.39 is 0 Å². The van der Waals surface area contributed by atoms with Crippen LogP contribution in [0, 0.1) is 0 Å². The normalized spacial score (nSPS) is 17.9. The summed E-state index contributed by atoms with van der Waals surface area (Å²) in [5.74, 6) is -0.0523. The van der Waals surface area contributed by atoms with Crippen molar-refractivity contribution < 1.29 is 4.79 Å². The summed E-state index contributed by atoms with van der Waals surface area (Å²) in [6.07, 6.45) is 9.16. The standard InChI is InChI=1S/C14H23N3OS2/c1-19-14(6-3-2-4-7-14)10-16-13(18)11-9-20-12(17-11)5-8-15/h9H,2-8,10,15H2,1H3,(H,16,18). The summed E-state index contributed by atoms with van der Waals surface area (Å²) in [7, 11) is 0. The Bertz CT molecular complexity index is 441. The number of nitrogens with one attached hydrogen (secondary N) is 1. The van der Waals surface area contributed by atoms with Gasteiger partial charge in [0.25, 0.3) is 5.91 Å². The molecule has 1 heterocycles. The van der Waals surface area contributed by atoms with Crippen LogP contribution in [0.1, 0.15) is 47.6 Å². The Labute approximate surface area is 128 Å². The molecule has 4 nitrogen and oxygen atoms in total. The van der Waals surface area contributed by atoms with Crippen molar-refractivity contribution in [3.05, 3.63) is 16.1 Å². The Hall–Kier alpha value is -0.590. The van der Waals surface area contributed by atoms with E-state index in [4.69, 9.17) is 5.73 Å². The molecule has 0 spiro atoms. The van der Waals surface area contributed by atoms with E-state index in [1.54, 1.807) is 0 Å². The van der Waals surface area contributed by atoms with Gasteiger partial charge in [0.1, 0.15) is 5.69 Å². The first-order valence-corrected chi connectivity index (χ1v) is 9.27. The Balaban J connectivity index is 1.89. The number of nitrogens with two attached hydrogens (primary N) is 1. The zero-order chi connectivity index (χ0) is 14.4. The van der Waals surface area contributed by atoms with Crippen molar-refractivity contribution in [1.29, 1.82) is 0 Å². The molecule has 0 saturated heterocycles. The highest BCUT2D eigenvalue weighted by Gasteiger charge is 2.31. The van der Waals surface area contributed by atoms with Gasteiger partial charge in [-0.05, 0) is 25.6 Å². The fourth-order valence-electron chi connectivity index (χ4n) is 2.63. The monoisotopic (exact) mass is 313 g/mol. The van der Waals surface area contributed by atoms with Crippen molar-refractivity contribution >= 4 is 29.0 Å². The molecule has 6 heteroatoms. The smallest absolute Gasteiger partial charge is 0.270 e. The van der Waals surface area contributed by atoms with E-state index in [1.807, 2.05) is 17.1 Å². The third-order valence-electron chi connectivity index (χ3n) is 3.91. The van der Waals surface area contributed by atoms with E-state index in [-0.39, 0.29) is 10.7 Å². The molecule has 3 N–H and O–H groups in total. The van der Waals surface area contributed by atoms with Gasteiger partial charge in [-0.1, -0.05) is 19.3 Å². The van der Waals surface area contributed by atoms with Crippen molar-refractivity contribution in [2.45, 2.75) is 43.3 Å². The van der Waals surface area contributed by atoms with Gasteiger partial charge in [-0.3, -0.25) is 4.79 Å². The maximum atomic E-state index is 12.2. The van der Waals surface area contributed by atoms with Gasteiger partial charge < -0.3 is 11.1 Å². The molecule has 2 rings (SSSR count). The quantitative estimate of drug-likeness (QED) is 0.846. The summed E-state index contributed by atoms with van der Waals surface area (Å²) in [6, 6.07) is 0. The van der Waals surface area contributed by atoms with E-state index in [0.717, 1.165) is 18.0 Å². The lowest BCUT2D eigenvalue weighted by atomic mass is 9.88. The van der Waals surface area contributed by atoms with Crippen LogP contribution in [0.15, 0.2) is 5.38 Å². The molecule has 1 aliphatic rings. The van der Waals surface area contributed by atoms with Gasteiger partial charge in [0.05, 0.1) is 5.01 Å². The average Bonchev–Trinajstić information content (AvgIpc) is 2.95. The zero-order valence-corrected chi connectivity index (χ0v) is 13.6. The maximum Gasteiger partial charge on any atom is 0.270 e. The average molecular weight is 313 g/mol. The molecule has 0 radical (unpaired) electrons. The van der Waals surface area contributed by atoms with Crippen molar-refractivity contribution in [2.75, 3.05) is 19.3 Å². The third kappa shape index (κ3) is 3.96. The van der Waals surface area contributed by atoms with Gasteiger partial charge in [0.15, 0.2) is 0 Å². The van der Waals surface area contributed by atoms with Crippen LogP contribution in [-0.4, -0.2) is 35.0 Å². The van der Waals surface area contributed by atoms with Gasteiger partial charge in [-0.15, -0.1) is 11.3 Å². The predicted octanol–water partition coefficient (Wildman–Crippen LogP) is 2.44. The minimum atomic E-state index is -0.0523. The van der Waals surface area contributed by atoms with Crippen molar-refractivity contribution in [2.24, 2.45) is 5.73 Å². The minimum Gasteiger partial charge on any atom is -0.349 e. The Morgan fingerprint density at radius 3 is 2.90 bits per heavy atom. The number of thiazole rings is 1. The molecule has 20 heavy (non-hydrogen) atoms. The highest BCUT2D eigenvalue weighted by atomic mass is 32.2. The lowest BCUT2D eigenvalue weighted by molar-refractivity contribution is 0.0942. The van der Waals surface area contributed by atoms with Gasteiger partial charge in [-0.2, -0.15) is 11.8 Å². The number of hydrogen-bond acceptors (Lipinski definition) is 5. The van der Waals surface area contributed by atoms with Gasteiger partial charge in [-0.25, -0.2) is 4.98 Å². The number of carbonyl (C=O) groups excluding carboxylic acids is 1. The SMILES string of the molecule is CSC1(CNC(=O)c2csc(CCN)n2)CCCCC1. The molecular weight excluding hydrogens is 290 g/mol. The molecule has 1 aromatic rings. The molecular formula is C14H23N3OS2. The number of thioether (sulfide) groups is 1. The second-order valence-electron chi connectivity index (χ2n) is 5.30. The number of nitrogens with zero attached hydrogens (tertiary/aromatic N) is 1. The fourth-order valence-corrected chi connectivity index (χ4v) is 4.34. The van der Waals surface area contributed by atoms with E-state index >= 15 is 0 Å². The summed E-state index contributed by atoms with van der Waals surface area (Å²) in [5, 5.41) is 5.84. The van der Waals surface area contributed by atoms with Crippen molar-refractivity contribution in [1.82, 2.24) is 10.3 Å². The second kappa shape index (κ2) is 7.43. The van der Waals surface area contributed by atoms with E-state index in [2.05, 4.69) is 16.6 Å². The van der Waals surface area contributed by atoms with Gasteiger partial charge >= 0.3 is 0 Å². The third-order valence-corrected chi connectivity index (χ3v) is 6.24. The van der Waals surface area contributed by atoms with Crippen LogP contribution < -0.4 is 11.1 Å². The topological polar surface area (TPSA) is 68.0 Å². The fraction of sp³-hybridized carbons (Fsp3) is 0.714. The summed E-state index contributed by atoms with van der Waals surface area (Å²) in [4.78, 5) is 16.5. The molecule has 1 amide bonds. The molecule has 0 aromatic carbocycles. The summed E-state index contributed by atoms with van der Waals surface area (Å²) < 4.78 is 0.226. The molecule has 0 aliphatic heterocycles. The first-order valence-electron chi connectivity index (χ1n) is 7.17. The molecule has 1 fully saturated rings. The van der Waals surface area contributed by atoms with E-state index in [9.17, 15) is 4.79 Å². The molecule has 1 saturated carbocycles. The largest absolute Gasteiger partial charge is 0.349 e. The van der Waals surface area contributed by atoms with Crippen LogP contribution in [0.4, 0.5) is 0 Å². The summed E-state index contributed by atoms with van der Waals surface area (Å²) in [5.41, 5.74) is 6.03. The predicted molar refractivity (Wildman–Crippen MR) is 86.5 cm³/mol. The van der Waals surface area contributed by atoms with Crippen LogP contribution in [0.5, 0.6) is 0 Å². The van der Waals surface area contributed by atoms with Crippen LogP contribution in [-0.2, 0) is 6.42 Å². The number of aromatic nitrogens is 1. The van der Waals surface area contributed by atoms with Crippen molar-refractivity contribution in [3.8, 4) is 0 Å². The first-order chi connectivity index (χ1) is 9.69. The lowest BCUT2D eigenvalue weighted by Gasteiger charge is -2.35. The highest BCUT2D eigenvalue weighted by molar-refractivity contribution is 8.00. The first kappa shape index (κ1) is 15.8. The van der Waals surface area contributed by atoms with Gasteiger partial charge in [0.2, 0.25) is 0 Å². The molecule has 1 aromatic heterocycles. The zero-order valence-electron chi connectivity index (χ0n) is 12.0. The van der Waals surface area contributed by atoms with E-state index in [0.29, 0.717) is 12.2 Å². The lowest BCUT2D eigenvalue weighted by Crippen LogP contribution is -2.41. The van der Waals surface area contributed by atoms with Crippen LogP contribution in [0.3, 0.4) is 0 Å². The number of carbonyl (C=O) groups is 1. The minimum absolute atomic E-state index is 0.0523. The van der Waals surface area contributed by atoms with Crippen LogP contribution in [0.2, 0.25) is 0 Å². The number of amides is 1. The Kier molecular flexibility index (Phi) is 5.86. The molecule has 112 valence electrons.